The Bertz CT molecular complexity index is 444. The highest BCUT2D eigenvalue weighted by atomic mass is 16.5. The number of likely N-dealkylation sites (tertiary alicyclic amines) is 1. The van der Waals surface area contributed by atoms with Crippen LogP contribution in [0.3, 0.4) is 0 Å². The molecular weight excluding hydrogens is 266 g/mol. The van der Waals surface area contributed by atoms with Crippen LogP contribution in [-0.4, -0.2) is 42.7 Å². The second kappa shape index (κ2) is 8.03. The number of carboxylic acids is 1. The summed E-state index contributed by atoms with van der Waals surface area (Å²) in [7, 11) is 1.68. The Morgan fingerprint density at radius 2 is 2.05 bits per heavy atom. The summed E-state index contributed by atoms with van der Waals surface area (Å²) in [6.45, 7) is 3.16. The van der Waals surface area contributed by atoms with Gasteiger partial charge in [0, 0.05) is 13.0 Å². The van der Waals surface area contributed by atoms with Crippen LogP contribution in [0.15, 0.2) is 24.3 Å². The van der Waals surface area contributed by atoms with E-state index in [4.69, 9.17) is 9.84 Å². The smallest absolute Gasteiger partial charge is 0.303 e. The van der Waals surface area contributed by atoms with E-state index in [9.17, 15) is 4.79 Å². The van der Waals surface area contributed by atoms with E-state index in [1.807, 2.05) is 12.1 Å². The van der Waals surface area contributed by atoms with Gasteiger partial charge in [0.1, 0.15) is 5.75 Å². The standard InChI is InChI=1S/C17H25NO3/c1-21-16-6-4-14(5-7-16)8-11-18-10-2-3-15(9-12-18)13-17(19)20/h4-7,15H,2-3,8-13H2,1H3,(H,19,20)/t15-/m1/s1. The quantitative estimate of drug-likeness (QED) is 0.875. The summed E-state index contributed by atoms with van der Waals surface area (Å²) < 4.78 is 5.17. The van der Waals surface area contributed by atoms with Crippen LogP contribution in [0.4, 0.5) is 0 Å². The number of hydrogen-bond acceptors (Lipinski definition) is 3. The molecule has 0 radical (unpaired) electrons. The fourth-order valence-corrected chi connectivity index (χ4v) is 2.98. The van der Waals surface area contributed by atoms with Crippen LogP contribution < -0.4 is 4.74 Å². The number of nitrogens with zero attached hydrogens (tertiary/aromatic N) is 1. The van der Waals surface area contributed by atoms with E-state index >= 15 is 0 Å². The van der Waals surface area contributed by atoms with Crippen LogP contribution in [-0.2, 0) is 11.2 Å². The molecule has 21 heavy (non-hydrogen) atoms. The van der Waals surface area contributed by atoms with Gasteiger partial charge in [-0.15, -0.1) is 0 Å². The summed E-state index contributed by atoms with van der Waals surface area (Å²) in [5.74, 6) is 0.588. The molecule has 0 aromatic heterocycles. The van der Waals surface area contributed by atoms with Crippen molar-refractivity contribution in [3.05, 3.63) is 29.8 Å². The van der Waals surface area contributed by atoms with Crippen LogP contribution >= 0.6 is 0 Å². The number of benzene rings is 1. The molecular formula is C17H25NO3. The first-order valence-electron chi connectivity index (χ1n) is 7.74. The van der Waals surface area contributed by atoms with Crippen molar-refractivity contribution in [3.8, 4) is 5.75 Å². The van der Waals surface area contributed by atoms with Crippen LogP contribution in [0.1, 0.15) is 31.2 Å². The van der Waals surface area contributed by atoms with Gasteiger partial charge in [0.15, 0.2) is 0 Å². The molecule has 0 unspecified atom stereocenters. The van der Waals surface area contributed by atoms with Gasteiger partial charge < -0.3 is 14.7 Å². The number of aliphatic carboxylic acids is 1. The average Bonchev–Trinajstić information content (AvgIpc) is 2.70. The van der Waals surface area contributed by atoms with E-state index in [1.54, 1.807) is 7.11 Å². The lowest BCUT2D eigenvalue weighted by molar-refractivity contribution is -0.138. The van der Waals surface area contributed by atoms with Gasteiger partial charge in [-0.2, -0.15) is 0 Å². The monoisotopic (exact) mass is 291 g/mol. The minimum Gasteiger partial charge on any atom is -0.497 e. The van der Waals surface area contributed by atoms with Crippen LogP contribution in [0.5, 0.6) is 5.75 Å². The Morgan fingerprint density at radius 3 is 2.71 bits per heavy atom. The minimum atomic E-state index is -0.660. The molecule has 4 heteroatoms. The molecule has 0 aliphatic carbocycles. The van der Waals surface area contributed by atoms with Crippen molar-refractivity contribution in [3.63, 3.8) is 0 Å². The Hall–Kier alpha value is -1.55. The predicted octanol–water partition coefficient (Wildman–Crippen LogP) is 2.81. The summed E-state index contributed by atoms with van der Waals surface area (Å²) in [5.41, 5.74) is 1.32. The average molecular weight is 291 g/mol. The lowest BCUT2D eigenvalue weighted by Gasteiger charge is -2.20. The number of carbonyl (C=O) groups is 1. The third-order valence-electron chi connectivity index (χ3n) is 4.28. The van der Waals surface area contributed by atoms with E-state index in [0.717, 1.165) is 51.1 Å². The van der Waals surface area contributed by atoms with Crippen molar-refractivity contribution in [2.24, 2.45) is 5.92 Å². The topological polar surface area (TPSA) is 49.8 Å². The SMILES string of the molecule is COc1ccc(CCN2CCC[C@@H](CC(=O)O)CC2)cc1. The molecule has 0 saturated carbocycles. The number of ether oxygens (including phenoxy) is 1. The highest BCUT2D eigenvalue weighted by molar-refractivity contribution is 5.67. The minimum absolute atomic E-state index is 0.326. The molecule has 1 saturated heterocycles. The molecule has 1 aromatic rings. The molecule has 1 aromatic carbocycles. The second-order valence-corrected chi connectivity index (χ2v) is 5.83. The Morgan fingerprint density at radius 1 is 1.29 bits per heavy atom. The van der Waals surface area contributed by atoms with Gasteiger partial charge in [0.25, 0.3) is 0 Å². The fourth-order valence-electron chi connectivity index (χ4n) is 2.98. The molecule has 1 heterocycles. The maximum atomic E-state index is 10.8. The lowest BCUT2D eigenvalue weighted by Crippen LogP contribution is -2.27. The predicted molar refractivity (Wildman–Crippen MR) is 82.7 cm³/mol. The van der Waals surface area contributed by atoms with Gasteiger partial charge in [0.2, 0.25) is 0 Å². The second-order valence-electron chi connectivity index (χ2n) is 5.83. The molecule has 2 rings (SSSR count). The zero-order valence-electron chi connectivity index (χ0n) is 12.8. The zero-order chi connectivity index (χ0) is 15.1. The normalized spacial score (nSPS) is 20.0. The summed E-state index contributed by atoms with van der Waals surface area (Å²) in [5, 5.41) is 8.89. The van der Waals surface area contributed by atoms with Gasteiger partial charge in [-0.25, -0.2) is 0 Å². The van der Waals surface area contributed by atoms with Crippen LogP contribution in [0.25, 0.3) is 0 Å². The molecule has 0 amide bonds. The number of carboxylic acid groups (broad SMARTS) is 1. The Labute approximate surface area is 126 Å². The number of methoxy groups -OCH3 is 1. The van der Waals surface area contributed by atoms with Crippen molar-refractivity contribution in [1.82, 2.24) is 4.90 Å². The molecule has 1 N–H and O–H groups in total. The lowest BCUT2D eigenvalue weighted by atomic mass is 9.97. The maximum absolute atomic E-state index is 10.8. The molecule has 1 aliphatic rings. The van der Waals surface area contributed by atoms with Gasteiger partial charge in [0.05, 0.1) is 7.11 Å². The largest absolute Gasteiger partial charge is 0.497 e. The van der Waals surface area contributed by atoms with E-state index in [-0.39, 0.29) is 0 Å². The van der Waals surface area contributed by atoms with Gasteiger partial charge >= 0.3 is 5.97 Å². The molecule has 116 valence electrons. The van der Waals surface area contributed by atoms with E-state index in [1.165, 1.54) is 5.56 Å². The molecule has 4 nitrogen and oxygen atoms in total. The van der Waals surface area contributed by atoms with Gasteiger partial charge in [-0.1, -0.05) is 12.1 Å². The highest BCUT2D eigenvalue weighted by Crippen LogP contribution is 2.21. The summed E-state index contributed by atoms with van der Waals surface area (Å²) in [6.07, 6.45) is 4.53. The van der Waals surface area contributed by atoms with Crippen molar-refractivity contribution in [1.29, 1.82) is 0 Å². The molecule has 1 fully saturated rings. The van der Waals surface area contributed by atoms with Crippen molar-refractivity contribution in [2.45, 2.75) is 32.1 Å². The summed E-state index contributed by atoms with van der Waals surface area (Å²) in [6, 6.07) is 8.23. The summed E-state index contributed by atoms with van der Waals surface area (Å²) >= 11 is 0. The number of hydrogen-bond donors (Lipinski definition) is 1. The van der Waals surface area contributed by atoms with Gasteiger partial charge in [-0.05, 0) is 62.4 Å². The maximum Gasteiger partial charge on any atom is 0.303 e. The third kappa shape index (κ3) is 5.38. The molecule has 1 atom stereocenters. The van der Waals surface area contributed by atoms with Crippen LogP contribution in [0.2, 0.25) is 0 Å². The fraction of sp³-hybridized carbons (Fsp3) is 0.588. The van der Waals surface area contributed by atoms with E-state index in [0.29, 0.717) is 12.3 Å². The molecule has 1 aliphatic heterocycles. The Balaban J connectivity index is 1.76. The molecule has 0 spiro atoms. The first-order valence-corrected chi connectivity index (χ1v) is 7.74. The Kier molecular flexibility index (Phi) is 6.05. The van der Waals surface area contributed by atoms with Crippen LogP contribution in [0, 0.1) is 5.92 Å². The van der Waals surface area contributed by atoms with Crippen molar-refractivity contribution >= 4 is 5.97 Å². The van der Waals surface area contributed by atoms with E-state index in [2.05, 4.69) is 17.0 Å². The zero-order valence-corrected chi connectivity index (χ0v) is 12.8. The highest BCUT2D eigenvalue weighted by Gasteiger charge is 2.18. The van der Waals surface area contributed by atoms with E-state index < -0.39 is 5.97 Å². The third-order valence-corrected chi connectivity index (χ3v) is 4.28. The molecule has 0 bridgehead atoms. The van der Waals surface area contributed by atoms with Crippen molar-refractivity contribution in [2.75, 3.05) is 26.7 Å². The van der Waals surface area contributed by atoms with Gasteiger partial charge in [-0.3, -0.25) is 4.79 Å². The van der Waals surface area contributed by atoms with Crippen molar-refractivity contribution < 1.29 is 14.6 Å². The first kappa shape index (κ1) is 15.8. The number of rotatable bonds is 6. The first-order chi connectivity index (χ1) is 10.2. The summed E-state index contributed by atoms with van der Waals surface area (Å²) in [4.78, 5) is 13.3.